The van der Waals surface area contributed by atoms with Crippen molar-refractivity contribution >= 4 is 23.4 Å². The molecule has 2 N–H and O–H groups in total. The van der Waals surface area contributed by atoms with Crippen LogP contribution in [0.1, 0.15) is 32.4 Å². The summed E-state index contributed by atoms with van der Waals surface area (Å²) in [5.74, 6) is 0. The van der Waals surface area contributed by atoms with Crippen LogP contribution in [0.15, 0.2) is 18.2 Å². The zero-order valence-electron chi connectivity index (χ0n) is 11.0. The van der Waals surface area contributed by atoms with E-state index in [1.807, 2.05) is 0 Å². The van der Waals surface area contributed by atoms with Crippen LogP contribution in [0.3, 0.4) is 0 Å². The maximum atomic E-state index is 12.4. The fourth-order valence-electron chi connectivity index (χ4n) is 1.38. The molecule has 1 aromatic carbocycles. The Bertz CT molecular complexity index is 460. The SMILES string of the molecule is CC(C)(C)OC(=O)Nc1ccc(Cl)c(C(O)CF)c1. The minimum atomic E-state index is -1.31. The number of anilines is 1. The Kier molecular flexibility index (Phi) is 5.14. The summed E-state index contributed by atoms with van der Waals surface area (Å²) in [6.45, 7) is 4.28. The Morgan fingerprint density at radius 2 is 2.16 bits per heavy atom. The first kappa shape index (κ1) is 15.7. The lowest BCUT2D eigenvalue weighted by Gasteiger charge is -2.20. The molecule has 0 heterocycles. The van der Waals surface area contributed by atoms with Crippen LogP contribution in [0, 0.1) is 0 Å². The number of aliphatic hydroxyl groups excluding tert-OH is 1. The van der Waals surface area contributed by atoms with Gasteiger partial charge >= 0.3 is 6.09 Å². The maximum Gasteiger partial charge on any atom is 0.412 e. The number of ether oxygens (including phenoxy) is 1. The van der Waals surface area contributed by atoms with Crippen molar-refractivity contribution in [3.63, 3.8) is 0 Å². The first-order valence-corrected chi connectivity index (χ1v) is 6.14. The predicted octanol–water partition coefficient (Wildman–Crippen LogP) is 3.69. The van der Waals surface area contributed by atoms with Gasteiger partial charge in [-0.1, -0.05) is 11.6 Å². The summed E-state index contributed by atoms with van der Waals surface area (Å²) >= 11 is 5.84. The van der Waals surface area contributed by atoms with Crippen molar-refractivity contribution in [1.82, 2.24) is 0 Å². The highest BCUT2D eigenvalue weighted by Gasteiger charge is 2.17. The fourth-order valence-corrected chi connectivity index (χ4v) is 1.62. The van der Waals surface area contributed by atoms with Crippen LogP contribution < -0.4 is 5.32 Å². The second-order valence-electron chi connectivity index (χ2n) is 5.03. The van der Waals surface area contributed by atoms with Crippen LogP contribution in [0.5, 0.6) is 0 Å². The van der Waals surface area contributed by atoms with E-state index in [9.17, 15) is 14.3 Å². The van der Waals surface area contributed by atoms with Gasteiger partial charge < -0.3 is 9.84 Å². The average molecular weight is 290 g/mol. The molecule has 0 aliphatic carbocycles. The topological polar surface area (TPSA) is 58.6 Å². The molecule has 106 valence electrons. The molecule has 1 rings (SSSR count). The lowest BCUT2D eigenvalue weighted by molar-refractivity contribution is 0.0636. The van der Waals surface area contributed by atoms with E-state index in [1.165, 1.54) is 12.1 Å². The molecular weight excluding hydrogens is 273 g/mol. The number of nitrogens with one attached hydrogen (secondary N) is 1. The van der Waals surface area contributed by atoms with Gasteiger partial charge in [0.15, 0.2) is 0 Å². The Morgan fingerprint density at radius 3 is 2.68 bits per heavy atom. The van der Waals surface area contributed by atoms with E-state index in [0.29, 0.717) is 5.69 Å². The van der Waals surface area contributed by atoms with Crippen molar-refractivity contribution in [2.24, 2.45) is 0 Å². The van der Waals surface area contributed by atoms with E-state index >= 15 is 0 Å². The van der Waals surface area contributed by atoms with Crippen molar-refractivity contribution in [1.29, 1.82) is 0 Å². The van der Waals surface area contributed by atoms with E-state index in [0.717, 1.165) is 0 Å². The molecule has 0 aliphatic heterocycles. The van der Waals surface area contributed by atoms with E-state index < -0.39 is 24.5 Å². The molecule has 1 atom stereocenters. The van der Waals surface area contributed by atoms with Crippen molar-refractivity contribution in [3.8, 4) is 0 Å². The number of alkyl halides is 1. The minimum absolute atomic E-state index is 0.220. The summed E-state index contributed by atoms with van der Waals surface area (Å²) in [5.41, 5.74) is -0.0171. The van der Waals surface area contributed by atoms with Crippen molar-refractivity contribution in [3.05, 3.63) is 28.8 Å². The number of hydrogen-bond donors (Lipinski definition) is 2. The Labute approximate surface area is 116 Å². The van der Waals surface area contributed by atoms with Gasteiger partial charge in [0.25, 0.3) is 0 Å². The lowest BCUT2D eigenvalue weighted by atomic mass is 10.1. The van der Waals surface area contributed by atoms with Gasteiger partial charge in [0.1, 0.15) is 18.4 Å². The summed E-state index contributed by atoms with van der Waals surface area (Å²) in [4.78, 5) is 11.6. The smallest absolute Gasteiger partial charge is 0.412 e. The number of hydrogen-bond acceptors (Lipinski definition) is 3. The molecule has 19 heavy (non-hydrogen) atoms. The molecule has 0 aromatic heterocycles. The number of rotatable bonds is 3. The predicted molar refractivity (Wildman–Crippen MR) is 72.2 cm³/mol. The second-order valence-corrected chi connectivity index (χ2v) is 5.44. The summed E-state index contributed by atoms with van der Waals surface area (Å²) < 4.78 is 17.5. The number of halogens is 2. The molecule has 0 bridgehead atoms. The number of carbonyl (C=O) groups is 1. The molecule has 0 fully saturated rings. The van der Waals surface area contributed by atoms with Gasteiger partial charge in [-0.15, -0.1) is 0 Å². The second kappa shape index (κ2) is 6.21. The zero-order valence-corrected chi connectivity index (χ0v) is 11.8. The molecule has 0 aliphatic rings. The Morgan fingerprint density at radius 1 is 1.53 bits per heavy atom. The van der Waals surface area contributed by atoms with Gasteiger partial charge in [-0.05, 0) is 39.0 Å². The third-order valence-electron chi connectivity index (χ3n) is 2.15. The normalized spacial score (nSPS) is 12.9. The highest BCUT2D eigenvalue weighted by Crippen LogP contribution is 2.27. The monoisotopic (exact) mass is 289 g/mol. The summed E-state index contributed by atoms with van der Waals surface area (Å²) in [5, 5.41) is 12.2. The Balaban J connectivity index is 2.83. The molecule has 0 spiro atoms. The maximum absolute atomic E-state index is 12.4. The van der Waals surface area contributed by atoms with Crippen molar-refractivity contribution in [2.75, 3.05) is 12.0 Å². The van der Waals surface area contributed by atoms with E-state index in [4.69, 9.17) is 16.3 Å². The molecule has 0 saturated heterocycles. The van der Waals surface area contributed by atoms with Gasteiger partial charge in [0, 0.05) is 16.3 Å². The third kappa shape index (κ3) is 5.04. The quantitative estimate of drug-likeness (QED) is 0.892. The number of aliphatic hydroxyl groups is 1. The lowest BCUT2D eigenvalue weighted by Crippen LogP contribution is -2.27. The molecular formula is C13H17ClFNO3. The summed E-state index contributed by atoms with van der Waals surface area (Å²) in [6.07, 6.45) is -1.94. The van der Waals surface area contributed by atoms with Gasteiger partial charge in [-0.3, -0.25) is 5.32 Å². The number of benzene rings is 1. The van der Waals surface area contributed by atoms with Gasteiger partial charge in [0.2, 0.25) is 0 Å². The van der Waals surface area contributed by atoms with Crippen molar-refractivity contribution in [2.45, 2.75) is 32.5 Å². The van der Waals surface area contributed by atoms with Crippen LogP contribution in [0.4, 0.5) is 14.9 Å². The molecule has 0 radical (unpaired) electrons. The number of carbonyl (C=O) groups excluding carboxylic acids is 1. The van der Waals surface area contributed by atoms with Crippen LogP contribution in [-0.2, 0) is 4.74 Å². The first-order chi connectivity index (χ1) is 8.73. The minimum Gasteiger partial charge on any atom is -0.444 e. The van der Waals surface area contributed by atoms with Crippen LogP contribution in [-0.4, -0.2) is 23.5 Å². The fraction of sp³-hybridized carbons (Fsp3) is 0.462. The summed E-state index contributed by atoms with van der Waals surface area (Å²) in [6, 6.07) is 4.43. The Hall–Kier alpha value is -1.33. The highest BCUT2D eigenvalue weighted by molar-refractivity contribution is 6.31. The molecule has 1 amide bonds. The van der Waals surface area contributed by atoms with Crippen LogP contribution >= 0.6 is 11.6 Å². The molecule has 1 aromatic rings. The molecule has 0 saturated carbocycles. The highest BCUT2D eigenvalue weighted by atomic mass is 35.5. The van der Waals surface area contributed by atoms with E-state index in [1.54, 1.807) is 26.8 Å². The summed E-state index contributed by atoms with van der Waals surface area (Å²) in [7, 11) is 0. The van der Waals surface area contributed by atoms with E-state index in [-0.39, 0.29) is 10.6 Å². The zero-order chi connectivity index (χ0) is 14.6. The van der Waals surface area contributed by atoms with Crippen LogP contribution in [0.2, 0.25) is 5.02 Å². The van der Waals surface area contributed by atoms with Gasteiger partial charge in [-0.25, -0.2) is 9.18 Å². The van der Waals surface area contributed by atoms with E-state index in [2.05, 4.69) is 5.32 Å². The third-order valence-corrected chi connectivity index (χ3v) is 2.49. The largest absolute Gasteiger partial charge is 0.444 e. The van der Waals surface area contributed by atoms with Crippen molar-refractivity contribution < 1.29 is 19.0 Å². The molecule has 1 unspecified atom stereocenters. The first-order valence-electron chi connectivity index (χ1n) is 5.76. The number of amides is 1. The van der Waals surface area contributed by atoms with Crippen LogP contribution in [0.25, 0.3) is 0 Å². The van der Waals surface area contributed by atoms with Gasteiger partial charge in [-0.2, -0.15) is 0 Å². The molecule has 6 heteroatoms. The standard InChI is InChI=1S/C13H17ClFNO3/c1-13(2,3)19-12(18)16-8-4-5-10(14)9(6-8)11(17)7-15/h4-6,11,17H,7H2,1-3H3,(H,16,18). The van der Waals surface area contributed by atoms with Gasteiger partial charge in [0.05, 0.1) is 0 Å². The average Bonchev–Trinajstić information content (AvgIpc) is 2.28. The molecule has 4 nitrogen and oxygen atoms in total.